The van der Waals surface area contributed by atoms with Gasteiger partial charge in [0.05, 0.1) is 12.1 Å². The number of hydrogen-bond acceptors (Lipinski definition) is 4. The second-order valence-electron chi connectivity index (χ2n) is 5.36. The molecule has 2 saturated heterocycles. The average Bonchev–Trinajstić information content (AvgIpc) is 2.83. The van der Waals surface area contributed by atoms with Crippen LogP contribution in [0.15, 0.2) is 5.10 Å². The van der Waals surface area contributed by atoms with E-state index in [9.17, 15) is 4.39 Å². The molecule has 3 atom stereocenters. The van der Waals surface area contributed by atoms with Crippen LogP contribution < -0.4 is 5.73 Å². The van der Waals surface area contributed by atoms with E-state index < -0.39 is 6.30 Å². The maximum atomic E-state index is 14.1. The summed E-state index contributed by atoms with van der Waals surface area (Å²) in [6.07, 6.45) is 3.60. The molecule has 0 saturated carbocycles. The van der Waals surface area contributed by atoms with Crippen LogP contribution in [0.3, 0.4) is 0 Å². The van der Waals surface area contributed by atoms with Crippen LogP contribution in [0.5, 0.6) is 0 Å². The highest BCUT2D eigenvalue weighted by Crippen LogP contribution is 2.50. The highest BCUT2D eigenvalue weighted by atomic mass is 19.1. The van der Waals surface area contributed by atoms with E-state index in [0.29, 0.717) is 0 Å². The summed E-state index contributed by atoms with van der Waals surface area (Å²) in [5, 5.41) is 5.74. The Morgan fingerprint density at radius 2 is 2.12 bits per heavy atom. The van der Waals surface area contributed by atoms with E-state index in [-0.39, 0.29) is 17.5 Å². The van der Waals surface area contributed by atoms with Crippen LogP contribution >= 0.6 is 0 Å². The monoisotopic (exact) mass is 226 g/mol. The summed E-state index contributed by atoms with van der Waals surface area (Å²) >= 11 is 0. The van der Waals surface area contributed by atoms with Crippen LogP contribution in [0, 0.1) is 5.41 Å². The summed E-state index contributed by atoms with van der Waals surface area (Å²) in [5.74, 6) is 0. The van der Waals surface area contributed by atoms with E-state index in [1.807, 2.05) is 6.21 Å². The van der Waals surface area contributed by atoms with Crippen molar-refractivity contribution >= 4 is 6.21 Å². The number of alkyl halides is 1. The summed E-state index contributed by atoms with van der Waals surface area (Å²) in [4.78, 5) is 2.30. The summed E-state index contributed by atoms with van der Waals surface area (Å²) in [6, 6.07) is -0.171. The lowest BCUT2D eigenvalue weighted by molar-refractivity contribution is 0.0729. The maximum absolute atomic E-state index is 14.1. The summed E-state index contributed by atoms with van der Waals surface area (Å²) < 4.78 is 14.1. The quantitative estimate of drug-likeness (QED) is 0.608. The smallest absolute Gasteiger partial charge is 0.203 e. The largest absolute Gasteiger partial charge is 0.323 e. The molecule has 3 aliphatic rings. The van der Waals surface area contributed by atoms with Gasteiger partial charge in [0.1, 0.15) is 0 Å². The van der Waals surface area contributed by atoms with Crippen LogP contribution in [0.25, 0.3) is 0 Å². The highest BCUT2D eigenvalue weighted by molar-refractivity contribution is 5.61. The molecule has 16 heavy (non-hydrogen) atoms. The number of hydrazone groups is 1. The minimum Gasteiger partial charge on any atom is -0.323 e. The third-order valence-electron chi connectivity index (χ3n) is 4.66. The topological polar surface area (TPSA) is 44.9 Å². The molecule has 1 spiro atoms. The van der Waals surface area contributed by atoms with Crippen LogP contribution in [-0.4, -0.2) is 54.6 Å². The zero-order valence-corrected chi connectivity index (χ0v) is 9.64. The van der Waals surface area contributed by atoms with Crippen molar-refractivity contribution < 1.29 is 4.39 Å². The number of hydrogen-bond donors (Lipinski definition) is 1. The van der Waals surface area contributed by atoms with Gasteiger partial charge in [0, 0.05) is 18.1 Å². The lowest BCUT2D eigenvalue weighted by atomic mass is 9.69. The van der Waals surface area contributed by atoms with Gasteiger partial charge in [-0.2, -0.15) is 5.10 Å². The Bertz CT molecular complexity index is 311. The van der Waals surface area contributed by atoms with E-state index in [0.717, 1.165) is 32.4 Å². The van der Waals surface area contributed by atoms with Crippen molar-refractivity contribution in [1.29, 1.82) is 0 Å². The molecule has 3 unspecified atom stereocenters. The van der Waals surface area contributed by atoms with Gasteiger partial charge in [-0.1, -0.05) is 0 Å². The van der Waals surface area contributed by atoms with Crippen LogP contribution in [0.2, 0.25) is 0 Å². The lowest BCUT2D eigenvalue weighted by Crippen LogP contribution is -2.52. The number of halogens is 1. The molecule has 3 rings (SSSR count). The van der Waals surface area contributed by atoms with E-state index in [1.165, 1.54) is 0 Å². The minimum absolute atomic E-state index is 0.0531. The summed E-state index contributed by atoms with van der Waals surface area (Å²) in [6.45, 7) is 2.04. The standard InChI is InChI=1S/C11H19FN4/c1-15-6-3-11(4-7-15)8-2-5-14-16(8)10(12)9(11)13/h5,8-10H,2-4,6-7,13H2,1H3. The number of fused-ring (bicyclic) bond motifs is 2. The van der Waals surface area contributed by atoms with Crippen LogP contribution in [0.4, 0.5) is 4.39 Å². The van der Waals surface area contributed by atoms with Crippen molar-refractivity contribution in [2.24, 2.45) is 16.3 Å². The third-order valence-corrected chi connectivity index (χ3v) is 4.66. The Hall–Kier alpha value is -0.680. The first-order valence-electron chi connectivity index (χ1n) is 6.04. The van der Waals surface area contributed by atoms with Crippen LogP contribution in [-0.2, 0) is 0 Å². The highest BCUT2D eigenvalue weighted by Gasteiger charge is 2.59. The van der Waals surface area contributed by atoms with Gasteiger partial charge in [0.25, 0.3) is 0 Å². The SMILES string of the molecule is CN1CCC2(CC1)C(N)C(F)N1N=CCC12. The Balaban J connectivity index is 1.89. The maximum Gasteiger partial charge on any atom is 0.203 e. The average molecular weight is 226 g/mol. The molecule has 5 heteroatoms. The predicted octanol–water partition coefficient (Wildman–Crippen LogP) is 0.395. The predicted molar refractivity (Wildman–Crippen MR) is 60.8 cm³/mol. The summed E-state index contributed by atoms with van der Waals surface area (Å²) in [5.41, 5.74) is 6.06. The van der Waals surface area contributed by atoms with Crippen molar-refractivity contribution in [3.05, 3.63) is 0 Å². The molecular formula is C11H19FN4. The normalized spacial score (nSPS) is 41.9. The molecule has 0 amide bonds. The first-order valence-corrected chi connectivity index (χ1v) is 6.04. The van der Waals surface area contributed by atoms with Crippen molar-refractivity contribution in [2.45, 2.75) is 37.6 Å². The van der Waals surface area contributed by atoms with E-state index in [2.05, 4.69) is 17.0 Å². The molecule has 0 bridgehead atoms. The van der Waals surface area contributed by atoms with Gasteiger partial charge < -0.3 is 10.6 Å². The van der Waals surface area contributed by atoms with Gasteiger partial charge in [-0.05, 0) is 33.0 Å². The molecular weight excluding hydrogens is 207 g/mol. The minimum atomic E-state index is -1.09. The number of piperidine rings is 1. The van der Waals surface area contributed by atoms with Crippen molar-refractivity contribution in [3.8, 4) is 0 Å². The van der Waals surface area contributed by atoms with Gasteiger partial charge in [0.2, 0.25) is 6.30 Å². The molecule has 4 nitrogen and oxygen atoms in total. The first-order chi connectivity index (χ1) is 7.65. The van der Waals surface area contributed by atoms with E-state index >= 15 is 0 Å². The molecule has 2 fully saturated rings. The Morgan fingerprint density at radius 1 is 1.44 bits per heavy atom. The van der Waals surface area contributed by atoms with E-state index in [1.54, 1.807) is 5.01 Å². The molecule has 3 heterocycles. The van der Waals surface area contributed by atoms with Gasteiger partial charge in [-0.3, -0.25) is 5.01 Å². The second-order valence-corrected chi connectivity index (χ2v) is 5.36. The molecule has 0 aliphatic carbocycles. The van der Waals surface area contributed by atoms with Gasteiger partial charge >= 0.3 is 0 Å². The van der Waals surface area contributed by atoms with E-state index in [4.69, 9.17) is 5.73 Å². The summed E-state index contributed by atoms with van der Waals surface area (Å²) in [7, 11) is 2.11. The number of nitrogens with zero attached hydrogens (tertiary/aromatic N) is 3. The number of likely N-dealkylation sites (tertiary alicyclic amines) is 1. The fraction of sp³-hybridized carbons (Fsp3) is 0.909. The van der Waals surface area contributed by atoms with Gasteiger partial charge in [-0.25, -0.2) is 4.39 Å². The van der Waals surface area contributed by atoms with Crippen LogP contribution in [0.1, 0.15) is 19.3 Å². The fourth-order valence-electron chi connectivity index (χ4n) is 3.53. The molecule has 0 aromatic heterocycles. The van der Waals surface area contributed by atoms with Crippen molar-refractivity contribution in [3.63, 3.8) is 0 Å². The number of rotatable bonds is 0. The van der Waals surface area contributed by atoms with Crippen molar-refractivity contribution in [1.82, 2.24) is 9.91 Å². The Morgan fingerprint density at radius 3 is 2.81 bits per heavy atom. The fourth-order valence-corrected chi connectivity index (χ4v) is 3.53. The molecule has 0 aromatic carbocycles. The second kappa shape index (κ2) is 3.40. The Labute approximate surface area is 95.3 Å². The lowest BCUT2D eigenvalue weighted by Gasteiger charge is -2.43. The van der Waals surface area contributed by atoms with Gasteiger partial charge in [-0.15, -0.1) is 0 Å². The molecule has 90 valence electrons. The number of nitrogens with two attached hydrogens (primary N) is 1. The molecule has 0 aromatic rings. The third kappa shape index (κ3) is 1.18. The first kappa shape index (κ1) is 10.5. The molecule has 0 radical (unpaired) electrons. The zero-order chi connectivity index (χ0) is 11.3. The zero-order valence-electron chi connectivity index (χ0n) is 9.64. The molecule has 3 aliphatic heterocycles. The van der Waals surface area contributed by atoms with Crippen molar-refractivity contribution in [2.75, 3.05) is 20.1 Å². The molecule has 2 N–H and O–H groups in total. The Kier molecular flexibility index (Phi) is 2.23. The van der Waals surface area contributed by atoms with Gasteiger partial charge in [0.15, 0.2) is 0 Å².